The number of piperidine rings is 1. The van der Waals surface area contributed by atoms with Crippen LogP contribution in [0.2, 0.25) is 0 Å². The van der Waals surface area contributed by atoms with Gasteiger partial charge in [0.15, 0.2) is 0 Å². The minimum atomic E-state index is -0.955. The van der Waals surface area contributed by atoms with Gasteiger partial charge in [0.25, 0.3) is 0 Å². The van der Waals surface area contributed by atoms with Gasteiger partial charge in [-0.1, -0.05) is 13.3 Å². The first-order valence-corrected chi connectivity index (χ1v) is 7.42. The minimum Gasteiger partial charge on any atom is -0.479 e. The predicted octanol–water partition coefficient (Wildman–Crippen LogP) is 2.31. The zero-order valence-corrected chi connectivity index (χ0v) is 11.7. The van der Waals surface area contributed by atoms with Crippen molar-refractivity contribution in [1.29, 1.82) is 0 Å². The number of carbonyl (C=O) groups is 2. The van der Waals surface area contributed by atoms with Crippen molar-refractivity contribution in [3.63, 3.8) is 0 Å². The van der Waals surface area contributed by atoms with Gasteiger partial charge in [0.2, 0.25) is 0 Å². The summed E-state index contributed by atoms with van der Waals surface area (Å²) in [6, 6.07) is -0.0620. The highest BCUT2D eigenvalue weighted by Gasteiger charge is 2.50. The summed E-state index contributed by atoms with van der Waals surface area (Å²) >= 11 is 0. The summed E-state index contributed by atoms with van der Waals surface area (Å²) in [5.74, 6) is -0.836. The van der Waals surface area contributed by atoms with Crippen molar-refractivity contribution in [3.05, 3.63) is 0 Å². The molecular formula is C14H24N2O3. The largest absolute Gasteiger partial charge is 0.479 e. The number of aliphatic carboxylic acids is 1. The number of carbonyl (C=O) groups excluding carboxylic acids is 1. The van der Waals surface area contributed by atoms with Crippen molar-refractivity contribution in [3.8, 4) is 0 Å². The number of rotatable bonds is 3. The molecule has 5 nitrogen and oxygen atoms in total. The van der Waals surface area contributed by atoms with Crippen LogP contribution in [0.4, 0.5) is 4.79 Å². The molecule has 2 aliphatic heterocycles. The van der Waals surface area contributed by atoms with E-state index in [0.29, 0.717) is 19.4 Å². The molecule has 2 amide bonds. The van der Waals surface area contributed by atoms with Gasteiger partial charge in [-0.2, -0.15) is 0 Å². The Balaban J connectivity index is 2.16. The van der Waals surface area contributed by atoms with E-state index < -0.39 is 11.5 Å². The van der Waals surface area contributed by atoms with Gasteiger partial charge in [-0.05, 0) is 38.5 Å². The summed E-state index contributed by atoms with van der Waals surface area (Å²) < 4.78 is 0. The Labute approximate surface area is 114 Å². The van der Waals surface area contributed by atoms with Crippen LogP contribution in [0.15, 0.2) is 0 Å². The van der Waals surface area contributed by atoms with Gasteiger partial charge in [0.05, 0.1) is 0 Å². The molecule has 1 atom stereocenters. The van der Waals surface area contributed by atoms with Gasteiger partial charge in [-0.25, -0.2) is 9.59 Å². The molecule has 0 bridgehead atoms. The number of amides is 2. The van der Waals surface area contributed by atoms with E-state index in [2.05, 4.69) is 0 Å². The van der Waals surface area contributed by atoms with Crippen LogP contribution in [0.1, 0.15) is 51.9 Å². The molecule has 1 unspecified atom stereocenters. The van der Waals surface area contributed by atoms with Gasteiger partial charge >= 0.3 is 12.0 Å². The standard InChI is InChI=1S/C14H24N2O3/c1-2-7-14(12(17)18)8-6-11-16(14)13(19)15-9-4-3-5-10-15/h2-11H2,1H3,(H,17,18). The van der Waals surface area contributed by atoms with Crippen molar-refractivity contribution >= 4 is 12.0 Å². The first-order chi connectivity index (χ1) is 9.12. The topological polar surface area (TPSA) is 60.9 Å². The number of likely N-dealkylation sites (tertiary alicyclic amines) is 2. The molecule has 108 valence electrons. The summed E-state index contributed by atoms with van der Waals surface area (Å²) in [6.45, 7) is 4.11. The third kappa shape index (κ3) is 2.55. The summed E-state index contributed by atoms with van der Waals surface area (Å²) in [7, 11) is 0. The predicted molar refractivity (Wildman–Crippen MR) is 72.0 cm³/mol. The summed E-state index contributed by atoms with van der Waals surface area (Å²) in [6.07, 6.45) is 5.98. The normalized spacial score (nSPS) is 27.6. The van der Waals surface area contributed by atoms with E-state index in [9.17, 15) is 14.7 Å². The monoisotopic (exact) mass is 268 g/mol. The van der Waals surface area contributed by atoms with E-state index in [1.54, 1.807) is 4.90 Å². The molecule has 2 heterocycles. The summed E-state index contributed by atoms with van der Waals surface area (Å²) in [5, 5.41) is 9.60. The van der Waals surface area contributed by atoms with Crippen LogP contribution in [0.3, 0.4) is 0 Å². The smallest absolute Gasteiger partial charge is 0.329 e. The van der Waals surface area contributed by atoms with Gasteiger partial charge in [-0.3, -0.25) is 0 Å². The quantitative estimate of drug-likeness (QED) is 0.854. The fraction of sp³-hybridized carbons (Fsp3) is 0.857. The van der Waals surface area contributed by atoms with Gasteiger partial charge in [0, 0.05) is 19.6 Å². The Morgan fingerprint density at radius 1 is 1.11 bits per heavy atom. The van der Waals surface area contributed by atoms with Crippen LogP contribution in [0.25, 0.3) is 0 Å². The third-order valence-corrected chi connectivity index (χ3v) is 4.41. The van der Waals surface area contributed by atoms with E-state index in [1.807, 2.05) is 11.8 Å². The lowest BCUT2D eigenvalue weighted by Gasteiger charge is -2.39. The first kappa shape index (κ1) is 14.2. The van der Waals surface area contributed by atoms with Crippen LogP contribution in [0.5, 0.6) is 0 Å². The maximum absolute atomic E-state index is 12.6. The molecule has 0 radical (unpaired) electrons. The molecule has 0 aromatic rings. The Morgan fingerprint density at radius 2 is 1.79 bits per heavy atom. The third-order valence-electron chi connectivity index (χ3n) is 4.41. The van der Waals surface area contributed by atoms with Gasteiger partial charge in [0.1, 0.15) is 5.54 Å². The van der Waals surface area contributed by atoms with Crippen molar-refractivity contribution < 1.29 is 14.7 Å². The van der Waals surface area contributed by atoms with Crippen LogP contribution in [0, 0.1) is 0 Å². The number of carboxylic acids is 1. The average Bonchev–Trinajstić information content (AvgIpc) is 2.84. The Bertz CT molecular complexity index is 353. The fourth-order valence-corrected chi connectivity index (χ4v) is 3.42. The van der Waals surface area contributed by atoms with Crippen LogP contribution >= 0.6 is 0 Å². The molecule has 0 saturated carbocycles. The molecule has 0 aromatic carbocycles. The SMILES string of the molecule is CCCC1(C(=O)O)CCCN1C(=O)N1CCCCC1. The molecule has 0 spiro atoms. The van der Waals surface area contributed by atoms with Crippen molar-refractivity contribution in [2.24, 2.45) is 0 Å². The highest BCUT2D eigenvalue weighted by molar-refractivity contribution is 5.87. The number of urea groups is 1. The molecule has 1 N–H and O–H groups in total. The highest BCUT2D eigenvalue weighted by Crippen LogP contribution is 2.35. The second-order valence-electron chi connectivity index (χ2n) is 5.67. The second-order valence-corrected chi connectivity index (χ2v) is 5.67. The van der Waals surface area contributed by atoms with Crippen LogP contribution < -0.4 is 0 Å². The average molecular weight is 268 g/mol. The molecule has 19 heavy (non-hydrogen) atoms. The lowest BCUT2D eigenvalue weighted by Crippen LogP contribution is -2.57. The Kier molecular flexibility index (Phi) is 4.32. The minimum absolute atomic E-state index is 0.0620. The molecule has 5 heteroatoms. The van der Waals surface area contributed by atoms with E-state index in [-0.39, 0.29) is 6.03 Å². The number of carboxylic acid groups (broad SMARTS) is 1. The lowest BCUT2D eigenvalue weighted by atomic mass is 9.91. The molecular weight excluding hydrogens is 244 g/mol. The highest BCUT2D eigenvalue weighted by atomic mass is 16.4. The Hall–Kier alpha value is -1.26. The van der Waals surface area contributed by atoms with Crippen molar-refractivity contribution in [2.75, 3.05) is 19.6 Å². The van der Waals surface area contributed by atoms with Gasteiger partial charge < -0.3 is 14.9 Å². The first-order valence-electron chi connectivity index (χ1n) is 7.42. The lowest BCUT2D eigenvalue weighted by molar-refractivity contribution is -0.148. The molecule has 2 saturated heterocycles. The molecule has 2 rings (SSSR count). The zero-order chi connectivity index (χ0) is 13.9. The molecule has 0 aliphatic carbocycles. The molecule has 2 aliphatic rings. The van der Waals surface area contributed by atoms with E-state index >= 15 is 0 Å². The van der Waals surface area contributed by atoms with Gasteiger partial charge in [-0.15, -0.1) is 0 Å². The zero-order valence-electron chi connectivity index (χ0n) is 11.7. The van der Waals surface area contributed by atoms with Crippen molar-refractivity contribution in [2.45, 2.75) is 57.4 Å². The van der Waals surface area contributed by atoms with Crippen LogP contribution in [-0.4, -0.2) is 52.1 Å². The maximum atomic E-state index is 12.6. The Morgan fingerprint density at radius 3 is 2.37 bits per heavy atom. The second kappa shape index (κ2) is 5.80. The number of hydrogen-bond acceptors (Lipinski definition) is 2. The van der Waals surface area contributed by atoms with E-state index in [1.165, 1.54) is 6.42 Å². The molecule has 2 fully saturated rings. The van der Waals surface area contributed by atoms with E-state index in [4.69, 9.17) is 0 Å². The number of nitrogens with zero attached hydrogens (tertiary/aromatic N) is 2. The maximum Gasteiger partial charge on any atom is 0.329 e. The fourth-order valence-electron chi connectivity index (χ4n) is 3.42. The van der Waals surface area contributed by atoms with Crippen molar-refractivity contribution in [1.82, 2.24) is 9.80 Å². The molecule has 0 aromatic heterocycles. The van der Waals surface area contributed by atoms with E-state index in [0.717, 1.165) is 38.8 Å². The van der Waals surface area contributed by atoms with Crippen LogP contribution in [-0.2, 0) is 4.79 Å². The summed E-state index contributed by atoms with van der Waals surface area (Å²) in [5.41, 5.74) is -0.955. The number of hydrogen-bond donors (Lipinski definition) is 1. The summed E-state index contributed by atoms with van der Waals surface area (Å²) in [4.78, 5) is 27.7.